The van der Waals surface area contributed by atoms with E-state index in [4.69, 9.17) is 0 Å². The molecule has 1 amide bonds. The summed E-state index contributed by atoms with van der Waals surface area (Å²) in [6, 6.07) is 9.07. The number of benzene rings is 2. The van der Waals surface area contributed by atoms with Crippen LogP contribution in [0.4, 0.5) is 13.2 Å². The zero-order valence-electron chi connectivity index (χ0n) is 14.1. The maximum atomic E-state index is 12.8. The number of hydrogen-bond donors (Lipinski definition) is 2. The van der Waals surface area contributed by atoms with Crippen molar-refractivity contribution in [2.45, 2.75) is 12.7 Å². The molecule has 0 saturated heterocycles. The van der Waals surface area contributed by atoms with Crippen molar-refractivity contribution >= 4 is 16.9 Å². The van der Waals surface area contributed by atoms with Crippen molar-refractivity contribution in [2.24, 2.45) is 0 Å². The molecule has 0 unspecified atom stereocenters. The molecule has 6 nitrogen and oxygen atoms in total. The van der Waals surface area contributed by atoms with E-state index in [1.807, 2.05) is 0 Å². The SMILES string of the molecule is CN(Cc1cccc(C(F)(F)F)c1)C(=O)c1ccc2[nH]c(=O)c(=O)[nH]c2c1. The summed E-state index contributed by atoms with van der Waals surface area (Å²) in [5.74, 6) is -0.443. The molecule has 1 aromatic heterocycles. The molecule has 3 aromatic rings. The van der Waals surface area contributed by atoms with E-state index in [0.29, 0.717) is 11.1 Å². The Hall–Kier alpha value is -3.36. The number of carbonyl (C=O) groups is 1. The van der Waals surface area contributed by atoms with Crippen molar-refractivity contribution in [3.05, 3.63) is 79.9 Å². The Labute approximate surface area is 150 Å². The molecule has 0 atom stereocenters. The quantitative estimate of drug-likeness (QED) is 0.688. The third kappa shape index (κ3) is 3.91. The van der Waals surface area contributed by atoms with Crippen molar-refractivity contribution in [1.29, 1.82) is 0 Å². The largest absolute Gasteiger partial charge is 0.416 e. The maximum Gasteiger partial charge on any atom is 0.416 e. The smallest absolute Gasteiger partial charge is 0.337 e. The van der Waals surface area contributed by atoms with E-state index in [1.54, 1.807) is 0 Å². The predicted molar refractivity (Wildman–Crippen MR) is 92.4 cm³/mol. The highest BCUT2D eigenvalue weighted by molar-refractivity contribution is 5.97. The summed E-state index contributed by atoms with van der Waals surface area (Å²) >= 11 is 0. The molecular weight excluding hydrogens is 363 g/mol. The number of aromatic amines is 2. The fraction of sp³-hybridized carbons (Fsp3) is 0.167. The van der Waals surface area contributed by atoms with Gasteiger partial charge in [0, 0.05) is 19.2 Å². The van der Waals surface area contributed by atoms with E-state index in [1.165, 1.54) is 42.3 Å². The lowest BCUT2D eigenvalue weighted by atomic mass is 10.1. The molecule has 1 heterocycles. The highest BCUT2D eigenvalue weighted by Gasteiger charge is 2.30. The van der Waals surface area contributed by atoms with Gasteiger partial charge in [0.25, 0.3) is 5.91 Å². The molecule has 0 bridgehead atoms. The molecule has 140 valence electrons. The Kier molecular flexibility index (Phi) is 4.61. The number of nitrogens with zero attached hydrogens (tertiary/aromatic N) is 1. The van der Waals surface area contributed by atoms with Gasteiger partial charge in [0.1, 0.15) is 0 Å². The van der Waals surface area contributed by atoms with Crippen LogP contribution in [-0.4, -0.2) is 27.8 Å². The van der Waals surface area contributed by atoms with Crippen LogP contribution in [0, 0.1) is 0 Å². The fourth-order valence-corrected chi connectivity index (χ4v) is 2.66. The molecule has 0 radical (unpaired) electrons. The van der Waals surface area contributed by atoms with Gasteiger partial charge >= 0.3 is 17.3 Å². The van der Waals surface area contributed by atoms with Crippen LogP contribution < -0.4 is 11.1 Å². The Bertz CT molecular complexity index is 1130. The Morgan fingerprint density at radius 1 is 1.00 bits per heavy atom. The minimum absolute atomic E-state index is 0.0249. The van der Waals surface area contributed by atoms with Gasteiger partial charge in [0.2, 0.25) is 0 Å². The van der Waals surface area contributed by atoms with Crippen molar-refractivity contribution in [2.75, 3.05) is 7.05 Å². The first kappa shape index (κ1) is 18.4. The first-order chi connectivity index (χ1) is 12.6. The summed E-state index contributed by atoms with van der Waals surface area (Å²) in [5.41, 5.74) is -1.24. The second-order valence-corrected chi connectivity index (χ2v) is 6.03. The molecule has 0 aliphatic rings. The van der Waals surface area contributed by atoms with Crippen LogP contribution in [0.1, 0.15) is 21.5 Å². The van der Waals surface area contributed by atoms with Gasteiger partial charge in [-0.1, -0.05) is 12.1 Å². The Morgan fingerprint density at radius 3 is 2.33 bits per heavy atom. The van der Waals surface area contributed by atoms with Crippen LogP contribution in [-0.2, 0) is 12.7 Å². The summed E-state index contributed by atoms with van der Waals surface area (Å²) in [4.78, 5) is 41.3. The molecule has 2 aromatic carbocycles. The number of hydrogen-bond acceptors (Lipinski definition) is 3. The fourth-order valence-electron chi connectivity index (χ4n) is 2.66. The molecule has 0 fully saturated rings. The highest BCUT2D eigenvalue weighted by atomic mass is 19.4. The molecule has 9 heteroatoms. The van der Waals surface area contributed by atoms with E-state index in [0.717, 1.165) is 12.1 Å². The van der Waals surface area contributed by atoms with Crippen LogP contribution in [0.15, 0.2) is 52.1 Å². The van der Waals surface area contributed by atoms with Crippen molar-refractivity contribution in [1.82, 2.24) is 14.9 Å². The summed E-state index contributed by atoms with van der Waals surface area (Å²) in [7, 11) is 1.46. The minimum atomic E-state index is -4.46. The number of amides is 1. The monoisotopic (exact) mass is 377 g/mol. The van der Waals surface area contributed by atoms with E-state index < -0.39 is 28.8 Å². The Morgan fingerprint density at radius 2 is 1.67 bits per heavy atom. The standard InChI is InChI=1S/C18H14F3N3O3/c1-24(9-10-3-2-4-12(7-10)18(19,20)21)17(27)11-5-6-13-14(8-11)23-16(26)15(25)22-13/h2-8H,9H2,1H3,(H,22,25)(H,23,26). The molecule has 0 aliphatic carbocycles. The van der Waals surface area contributed by atoms with Gasteiger partial charge in [-0.15, -0.1) is 0 Å². The number of carbonyl (C=O) groups excluding carboxylic acids is 1. The second kappa shape index (κ2) is 6.75. The van der Waals surface area contributed by atoms with E-state index >= 15 is 0 Å². The molecule has 0 aliphatic heterocycles. The summed E-state index contributed by atoms with van der Waals surface area (Å²) in [6.45, 7) is -0.0249. The molecule has 0 spiro atoms. The first-order valence-corrected chi connectivity index (χ1v) is 7.83. The summed E-state index contributed by atoms with van der Waals surface area (Å²) < 4.78 is 38.4. The van der Waals surface area contributed by atoms with Gasteiger partial charge in [-0.05, 0) is 35.9 Å². The third-order valence-corrected chi connectivity index (χ3v) is 3.99. The number of fused-ring (bicyclic) bond motifs is 1. The topological polar surface area (TPSA) is 86.0 Å². The van der Waals surface area contributed by atoms with Gasteiger partial charge in [-0.2, -0.15) is 13.2 Å². The van der Waals surface area contributed by atoms with Crippen LogP contribution >= 0.6 is 0 Å². The van der Waals surface area contributed by atoms with Crippen LogP contribution in [0.2, 0.25) is 0 Å². The van der Waals surface area contributed by atoms with Gasteiger partial charge in [-0.25, -0.2) is 0 Å². The lowest BCUT2D eigenvalue weighted by Gasteiger charge is -2.18. The lowest BCUT2D eigenvalue weighted by molar-refractivity contribution is -0.137. The number of aromatic nitrogens is 2. The maximum absolute atomic E-state index is 12.8. The van der Waals surface area contributed by atoms with Crippen LogP contribution in [0.3, 0.4) is 0 Å². The highest BCUT2D eigenvalue weighted by Crippen LogP contribution is 2.29. The van der Waals surface area contributed by atoms with Gasteiger partial charge < -0.3 is 14.9 Å². The predicted octanol–water partition coefficient (Wildman–Crippen LogP) is 2.51. The summed E-state index contributed by atoms with van der Waals surface area (Å²) in [5, 5.41) is 0. The number of nitrogens with one attached hydrogen (secondary N) is 2. The zero-order valence-corrected chi connectivity index (χ0v) is 14.1. The van der Waals surface area contributed by atoms with E-state index in [-0.39, 0.29) is 17.6 Å². The van der Waals surface area contributed by atoms with Gasteiger partial charge in [-0.3, -0.25) is 14.4 Å². The van der Waals surface area contributed by atoms with E-state index in [2.05, 4.69) is 9.97 Å². The van der Waals surface area contributed by atoms with Gasteiger partial charge in [0.05, 0.1) is 16.6 Å². The van der Waals surface area contributed by atoms with Crippen LogP contribution in [0.25, 0.3) is 11.0 Å². The normalized spacial score (nSPS) is 11.6. The lowest BCUT2D eigenvalue weighted by Crippen LogP contribution is -2.29. The van der Waals surface area contributed by atoms with E-state index in [9.17, 15) is 27.6 Å². The zero-order chi connectivity index (χ0) is 19.8. The Balaban J connectivity index is 1.85. The second-order valence-electron chi connectivity index (χ2n) is 6.03. The number of halogens is 3. The average Bonchev–Trinajstić information content (AvgIpc) is 2.61. The molecule has 2 N–H and O–H groups in total. The number of alkyl halides is 3. The first-order valence-electron chi connectivity index (χ1n) is 7.83. The number of H-pyrrole nitrogens is 2. The molecule has 3 rings (SSSR count). The average molecular weight is 377 g/mol. The van der Waals surface area contributed by atoms with Crippen molar-refractivity contribution in [3.63, 3.8) is 0 Å². The third-order valence-electron chi connectivity index (χ3n) is 3.99. The molecular formula is C18H14F3N3O3. The van der Waals surface area contributed by atoms with Crippen molar-refractivity contribution in [3.8, 4) is 0 Å². The minimum Gasteiger partial charge on any atom is -0.337 e. The molecule has 0 saturated carbocycles. The van der Waals surface area contributed by atoms with Crippen molar-refractivity contribution < 1.29 is 18.0 Å². The number of rotatable bonds is 3. The summed E-state index contributed by atoms with van der Waals surface area (Å²) in [6.07, 6.45) is -4.46. The van der Waals surface area contributed by atoms with Gasteiger partial charge in [0.15, 0.2) is 0 Å². The van der Waals surface area contributed by atoms with Crippen LogP contribution in [0.5, 0.6) is 0 Å². The molecule has 27 heavy (non-hydrogen) atoms.